The van der Waals surface area contributed by atoms with E-state index in [0.717, 1.165) is 26.1 Å². The van der Waals surface area contributed by atoms with Crippen LogP contribution < -0.4 is 5.32 Å². The van der Waals surface area contributed by atoms with Crippen molar-refractivity contribution in [3.05, 3.63) is 0 Å². The van der Waals surface area contributed by atoms with Gasteiger partial charge >= 0.3 is 0 Å². The van der Waals surface area contributed by atoms with Crippen LogP contribution in [0.15, 0.2) is 0 Å². The molecule has 1 N–H and O–H groups in total. The van der Waals surface area contributed by atoms with E-state index < -0.39 is 0 Å². The molecule has 1 saturated heterocycles. The topological polar surface area (TPSA) is 32.3 Å². The van der Waals surface area contributed by atoms with E-state index in [2.05, 4.69) is 12.2 Å². The Hall–Kier alpha value is -0.570. The van der Waals surface area contributed by atoms with Crippen LogP contribution in [0.4, 0.5) is 0 Å². The van der Waals surface area contributed by atoms with E-state index in [9.17, 15) is 4.79 Å². The molecule has 1 rings (SSSR count). The lowest BCUT2D eigenvalue weighted by molar-refractivity contribution is -0.133. The molecule has 1 aliphatic heterocycles. The van der Waals surface area contributed by atoms with Crippen molar-refractivity contribution < 1.29 is 4.79 Å². The summed E-state index contributed by atoms with van der Waals surface area (Å²) in [6.45, 7) is 6.63. The Labute approximate surface area is 67.8 Å². The van der Waals surface area contributed by atoms with Gasteiger partial charge in [-0.3, -0.25) is 4.79 Å². The van der Waals surface area contributed by atoms with E-state index in [0.29, 0.717) is 6.04 Å². The largest absolute Gasteiger partial charge is 0.340 e. The van der Waals surface area contributed by atoms with Crippen molar-refractivity contribution in [2.75, 3.05) is 19.6 Å². The Morgan fingerprint density at radius 2 is 2.27 bits per heavy atom. The van der Waals surface area contributed by atoms with Crippen molar-refractivity contribution in [3.63, 3.8) is 0 Å². The van der Waals surface area contributed by atoms with Crippen LogP contribution in [0.1, 0.15) is 20.3 Å². The zero-order valence-corrected chi connectivity index (χ0v) is 7.26. The van der Waals surface area contributed by atoms with E-state index in [1.165, 1.54) is 0 Å². The first-order chi connectivity index (χ1) is 5.24. The van der Waals surface area contributed by atoms with Crippen molar-refractivity contribution >= 4 is 5.91 Å². The second-order valence-corrected chi connectivity index (χ2v) is 3.08. The molecule has 11 heavy (non-hydrogen) atoms. The minimum Gasteiger partial charge on any atom is -0.340 e. The molecular formula is C8H16N2O. The maximum atomic E-state index is 10.7. The highest BCUT2D eigenvalue weighted by Gasteiger charge is 2.27. The Morgan fingerprint density at radius 1 is 1.64 bits per heavy atom. The van der Waals surface area contributed by atoms with Crippen molar-refractivity contribution in [1.82, 2.24) is 10.2 Å². The molecule has 0 radical (unpaired) electrons. The Balaban J connectivity index is 2.05. The third-order valence-electron chi connectivity index (χ3n) is 2.01. The standard InChI is InChI=1S/C8H16N2O/c1-3-4-9-8-5-10(6-8)7(2)11/h8-9H,3-6H2,1-2H3. The molecule has 0 atom stereocenters. The summed E-state index contributed by atoms with van der Waals surface area (Å²) < 4.78 is 0. The van der Waals surface area contributed by atoms with Gasteiger partial charge in [0.25, 0.3) is 0 Å². The number of hydrogen-bond acceptors (Lipinski definition) is 2. The van der Waals surface area contributed by atoms with Crippen LogP contribution in [0.3, 0.4) is 0 Å². The highest BCUT2D eigenvalue weighted by molar-refractivity contribution is 5.74. The number of carbonyl (C=O) groups is 1. The van der Waals surface area contributed by atoms with Crippen LogP contribution >= 0.6 is 0 Å². The smallest absolute Gasteiger partial charge is 0.219 e. The van der Waals surface area contributed by atoms with Crippen molar-refractivity contribution in [2.45, 2.75) is 26.3 Å². The van der Waals surface area contributed by atoms with Gasteiger partial charge in [0, 0.05) is 26.1 Å². The summed E-state index contributed by atoms with van der Waals surface area (Å²) in [7, 11) is 0. The number of rotatable bonds is 3. The van der Waals surface area contributed by atoms with Crippen LogP contribution in [0, 0.1) is 0 Å². The third-order valence-corrected chi connectivity index (χ3v) is 2.01. The molecule has 3 nitrogen and oxygen atoms in total. The Morgan fingerprint density at radius 3 is 2.73 bits per heavy atom. The van der Waals surface area contributed by atoms with Crippen LogP contribution in [0.25, 0.3) is 0 Å². The number of nitrogens with one attached hydrogen (secondary N) is 1. The van der Waals surface area contributed by atoms with Gasteiger partial charge in [-0.05, 0) is 13.0 Å². The minimum atomic E-state index is 0.194. The molecule has 0 saturated carbocycles. The lowest BCUT2D eigenvalue weighted by atomic mass is 10.1. The first kappa shape index (κ1) is 8.53. The van der Waals surface area contributed by atoms with Crippen LogP contribution in [0.2, 0.25) is 0 Å². The van der Waals surface area contributed by atoms with Crippen LogP contribution in [0.5, 0.6) is 0 Å². The Kier molecular flexibility index (Phi) is 2.88. The van der Waals surface area contributed by atoms with E-state index in [4.69, 9.17) is 0 Å². The molecule has 1 fully saturated rings. The lowest BCUT2D eigenvalue weighted by Crippen LogP contribution is -2.59. The highest BCUT2D eigenvalue weighted by Crippen LogP contribution is 2.06. The molecule has 1 amide bonds. The predicted octanol–water partition coefficient (Wildman–Crippen LogP) is 0.217. The van der Waals surface area contributed by atoms with Crippen molar-refractivity contribution in [1.29, 1.82) is 0 Å². The SMILES string of the molecule is CCCNC1CN(C(C)=O)C1. The summed E-state index contributed by atoms with van der Waals surface area (Å²) in [6, 6.07) is 0.554. The fourth-order valence-corrected chi connectivity index (χ4v) is 1.21. The molecule has 1 aliphatic rings. The molecule has 64 valence electrons. The van der Waals surface area contributed by atoms with Crippen molar-refractivity contribution in [3.8, 4) is 0 Å². The van der Waals surface area contributed by atoms with E-state index in [1.807, 2.05) is 4.90 Å². The van der Waals surface area contributed by atoms with Gasteiger partial charge in [-0.25, -0.2) is 0 Å². The van der Waals surface area contributed by atoms with Gasteiger partial charge in [0.2, 0.25) is 5.91 Å². The van der Waals surface area contributed by atoms with Crippen molar-refractivity contribution in [2.24, 2.45) is 0 Å². The molecule has 0 aromatic heterocycles. The van der Waals surface area contributed by atoms with Gasteiger partial charge in [0.1, 0.15) is 0 Å². The lowest BCUT2D eigenvalue weighted by Gasteiger charge is -2.39. The second-order valence-electron chi connectivity index (χ2n) is 3.08. The molecule has 0 aromatic carbocycles. The number of amides is 1. The quantitative estimate of drug-likeness (QED) is 0.634. The summed E-state index contributed by atoms with van der Waals surface area (Å²) in [5.41, 5.74) is 0. The summed E-state index contributed by atoms with van der Waals surface area (Å²) in [6.07, 6.45) is 1.16. The Bertz CT molecular complexity index is 141. The van der Waals surface area contributed by atoms with Gasteiger partial charge in [0.15, 0.2) is 0 Å². The van der Waals surface area contributed by atoms with Gasteiger partial charge in [-0.15, -0.1) is 0 Å². The summed E-state index contributed by atoms with van der Waals surface area (Å²) >= 11 is 0. The van der Waals surface area contributed by atoms with E-state index >= 15 is 0 Å². The zero-order valence-electron chi connectivity index (χ0n) is 7.26. The molecule has 0 aliphatic carbocycles. The maximum Gasteiger partial charge on any atom is 0.219 e. The van der Waals surface area contributed by atoms with Crippen LogP contribution in [-0.2, 0) is 4.79 Å². The van der Waals surface area contributed by atoms with Gasteiger partial charge < -0.3 is 10.2 Å². The first-order valence-corrected chi connectivity index (χ1v) is 4.23. The van der Waals surface area contributed by atoms with Gasteiger partial charge in [-0.1, -0.05) is 6.92 Å². The zero-order chi connectivity index (χ0) is 8.27. The normalized spacial score (nSPS) is 18.2. The maximum absolute atomic E-state index is 10.7. The summed E-state index contributed by atoms with van der Waals surface area (Å²) in [5.74, 6) is 0.194. The number of hydrogen-bond donors (Lipinski definition) is 1. The monoisotopic (exact) mass is 156 g/mol. The number of nitrogens with zero attached hydrogens (tertiary/aromatic N) is 1. The summed E-state index contributed by atoms with van der Waals surface area (Å²) in [4.78, 5) is 12.6. The number of likely N-dealkylation sites (tertiary alicyclic amines) is 1. The molecule has 0 aromatic rings. The molecule has 0 spiro atoms. The summed E-state index contributed by atoms with van der Waals surface area (Å²) in [5, 5.41) is 3.36. The van der Waals surface area contributed by atoms with E-state index in [-0.39, 0.29) is 5.91 Å². The van der Waals surface area contributed by atoms with Crippen LogP contribution in [-0.4, -0.2) is 36.5 Å². The molecule has 3 heteroatoms. The average molecular weight is 156 g/mol. The predicted molar refractivity (Wildman–Crippen MR) is 44.3 cm³/mol. The van der Waals surface area contributed by atoms with Gasteiger partial charge in [-0.2, -0.15) is 0 Å². The molecule has 0 bridgehead atoms. The number of carbonyl (C=O) groups excluding carboxylic acids is 1. The molecular weight excluding hydrogens is 140 g/mol. The highest BCUT2D eigenvalue weighted by atomic mass is 16.2. The first-order valence-electron chi connectivity index (χ1n) is 4.23. The molecule has 1 heterocycles. The fraction of sp³-hybridized carbons (Fsp3) is 0.875. The third kappa shape index (κ3) is 2.19. The van der Waals surface area contributed by atoms with E-state index in [1.54, 1.807) is 6.92 Å². The second kappa shape index (κ2) is 3.72. The molecule has 0 unspecified atom stereocenters. The van der Waals surface area contributed by atoms with Gasteiger partial charge in [0.05, 0.1) is 0 Å². The fourth-order valence-electron chi connectivity index (χ4n) is 1.21. The average Bonchev–Trinajstić information content (AvgIpc) is 1.84. The minimum absolute atomic E-state index is 0.194.